The largest absolute Gasteiger partial charge is 0.340 e. The van der Waals surface area contributed by atoms with Gasteiger partial charge in [0.2, 0.25) is 5.91 Å². The zero-order chi connectivity index (χ0) is 15.9. The van der Waals surface area contributed by atoms with Crippen molar-refractivity contribution >= 4 is 17.5 Å². The maximum atomic E-state index is 12.0. The van der Waals surface area contributed by atoms with E-state index in [0.29, 0.717) is 18.2 Å². The van der Waals surface area contributed by atoms with Crippen LogP contribution in [0.2, 0.25) is 5.02 Å². The number of benzene rings is 1. The number of halogens is 1. The van der Waals surface area contributed by atoms with Gasteiger partial charge in [-0.3, -0.25) is 9.69 Å². The van der Waals surface area contributed by atoms with Crippen LogP contribution in [-0.4, -0.2) is 48.4 Å². The Hall–Kier alpha value is -1.06. The summed E-state index contributed by atoms with van der Waals surface area (Å²) in [5, 5.41) is 0.815. The van der Waals surface area contributed by atoms with Gasteiger partial charge in [0.1, 0.15) is 0 Å². The first-order valence-corrected chi connectivity index (χ1v) is 8.67. The third-order valence-corrected chi connectivity index (χ3v) is 4.37. The first-order chi connectivity index (χ1) is 10.5. The van der Waals surface area contributed by atoms with E-state index in [1.54, 1.807) is 0 Å². The fourth-order valence-corrected chi connectivity index (χ4v) is 3.11. The van der Waals surface area contributed by atoms with Crippen molar-refractivity contribution < 1.29 is 4.79 Å². The van der Waals surface area contributed by atoms with Gasteiger partial charge in [0, 0.05) is 37.6 Å². The van der Waals surface area contributed by atoms with Gasteiger partial charge in [-0.1, -0.05) is 37.6 Å². The lowest BCUT2D eigenvalue weighted by Gasteiger charge is -2.35. The fraction of sp³-hybridized carbons (Fsp3) is 0.611. The van der Waals surface area contributed by atoms with Gasteiger partial charge in [-0.15, -0.1) is 0 Å². The first kappa shape index (κ1) is 17.3. The number of rotatable bonds is 6. The number of aryl methyl sites for hydroxylation is 1. The molecule has 3 nitrogen and oxygen atoms in total. The second-order valence-corrected chi connectivity index (χ2v) is 6.99. The van der Waals surface area contributed by atoms with E-state index in [4.69, 9.17) is 11.6 Å². The summed E-state index contributed by atoms with van der Waals surface area (Å²) in [7, 11) is 0. The molecule has 1 heterocycles. The van der Waals surface area contributed by atoms with Crippen molar-refractivity contribution in [2.45, 2.75) is 33.1 Å². The quantitative estimate of drug-likeness (QED) is 0.800. The maximum Gasteiger partial charge on any atom is 0.222 e. The van der Waals surface area contributed by atoms with Crippen molar-refractivity contribution in [3.8, 4) is 0 Å². The third-order valence-electron chi connectivity index (χ3n) is 4.14. The molecule has 0 bridgehead atoms. The summed E-state index contributed by atoms with van der Waals surface area (Å²) < 4.78 is 0. The summed E-state index contributed by atoms with van der Waals surface area (Å²) in [5.74, 6) is 0.761. The van der Waals surface area contributed by atoms with Crippen LogP contribution in [0.25, 0.3) is 0 Å². The molecule has 0 radical (unpaired) electrons. The number of carbonyl (C=O) groups is 1. The summed E-state index contributed by atoms with van der Waals surface area (Å²) in [6.07, 6.45) is 2.88. The van der Waals surface area contributed by atoms with Crippen molar-refractivity contribution in [3.63, 3.8) is 0 Å². The Kier molecular flexibility index (Phi) is 6.71. The monoisotopic (exact) mass is 322 g/mol. The van der Waals surface area contributed by atoms with Crippen LogP contribution in [0.5, 0.6) is 0 Å². The SMILES string of the molecule is CC(C)CC(=O)N1CCN(CCCc2cccc(Cl)c2)CC1. The molecule has 22 heavy (non-hydrogen) atoms. The van der Waals surface area contributed by atoms with Crippen LogP contribution in [0.4, 0.5) is 0 Å². The van der Waals surface area contributed by atoms with Crippen LogP contribution < -0.4 is 0 Å². The lowest BCUT2D eigenvalue weighted by molar-refractivity contribution is -0.133. The second-order valence-electron chi connectivity index (χ2n) is 6.55. The maximum absolute atomic E-state index is 12.0. The molecule has 0 aromatic heterocycles. The van der Waals surface area contributed by atoms with Crippen LogP contribution in [0, 0.1) is 5.92 Å². The second kappa shape index (κ2) is 8.54. The molecule has 1 saturated heterocycles. The van der Waals surface area contributed by atoms with E-state index < -0.39 is 0 Å². The number of nitrogens with zero attached hydrogens (tertiary/aromatic N) is 2. The minimum Gasteiger partial charge on any atom is -0.340 e. The van der Waals surface area contributed by atoms with Crippen LogP contribution in [0.3, 0.4) is 0 Å². The molecule has 1 aromatic carbocycles. The predicted octanol–water partition coefficient (Wildman–Crippen LogP) is 3.46. The molecule has 2 rings (SSSR count). The molecule has 0 N–H and O–H groups in total. The molecule has 1 aliphatic rings. The number of amides is 1. The summed E-state index contributed by atoms with van der Waals surface area (Å²) in [5.41, 5.74) is 1.30. The lowest BCUT2D eigenvalue weighted by Crippen LogP contribution is -2.49. The number of hydrogen-bond donors (Lipinski definition) is 0. The molecule has 1 amide bonds. The Morgan fingerprint density at radius 1 is 1.23 bits per heavy atom. The normalized spacial score (nSPS) is 16.3. The Morgan fingerprint density at radius 3 is 2.59 bits per heavy atom. The van der Waals surface area contributed by atoms with Gasteiger partial charge in [-0.05, 0) is 43.0 Å². The van der Waals surface area contributed by atoms with E-state index >= 15 is 0 Å². The zero-order valence-electron chi connectivity index (χ0n) is 13.7. The van der Waals surface area contributed by atoms with E-state index in [1.165, 1.54) is 5.56 Å². The molecular weight excluding hydrogens is 296 g/mol. The topological polar surface area (TPSA) is 23.6 Å². The molecule has 122 valence electrons. The van der Waals surface area contributed by atoms with Gasteiger partial charge < -0.3 is 4.90 Å². The molecule has 1 aromatic rings. The van der Waals surface area contributed by atoms with Gasteiger partial charge in [-0.2, -0.15) is 0 Å². The molecule has 4 heteroatoms. The molecule has 1 aliphatic heterocycles. The molecule has 0 saturated carbocycles. The van der Waals surface area contributed by atoms with Gasteiger partial charge in [-0.25, -0.2) is 0 Å². The zero-order valence-corrected chi connectivity index (χ0v) is 14.5. The Morgan fingerprint density at radius 2 is 1.95 bits per heavy atom. The summed E-state index contributed by atoms with van der Waals surface area (Å²) >= 11 is 6.01. The molecule has 1 fully saturated rings. The summed E-state index contributed by atoms with van der Waals surface area (Å²) in [6.45, 7) is 9.05. The van der Waals surface area contributed by atoms with Gasteiger partial charge in [0.15, 0.2) is 0 Å². The van der Waals surface area contributed by atoms with Crippen LogP contribution in [-0.2, 0) is 11.2 Å². The van der Waals surface area contributed by atoms with Gasteiger partial charge in [0.05, 0.1) is 0 Å². The number of carbonyl (C=O) groups excluding carboxylic acids is 1. The van der Waals surface area contributed by atoms with Crippen molar-refractivity contribution in [2.24, 2.45) is 5.92 Å². The first-order valence-electron chi connectivity index (χ1n) is 8.29. The lowest BCUT2D eigenvalue weighted by atomic mass is 10.1. The molecule has 0 aliphatic carbocycles. The Balaban J connectivity index is 1.66. The van der Waals surface area contributed by atoms with E-state index in [9.17, 15) is 4.79 Å². The molecule has 0 spiro atoms. The Labute approximate surface area is 139 Å². The minimum absolute atomic E-state index is 0.313. The number of hydrogen-bond acceptors (Lipinski definition) is 2. The van der Waals surface area contributed by atoms with E-state index in [2.05, 4.69) is 24.8 Å². The molecule has 0 unspecified atom stereocenters. The van der Waals surface area contributed by atoms with Crippen LogP contribution >= 0.6 is 11.6 Å². The highest BCUT2D eigenvalue weighted by Gasteiger charge is 2.20. The molecular formula is C18H27ClN2O. The van der Waals surface area contributed by atoms with E-state index in [0.717, 1.165) is 50.6 Å². The Bertz CT molecular complexity index is 482. The molecule has 0 atom stereocenters. The summed E-state index contributed by atoms with van der Waals surface area (Å²) in [4.78, 5) is 16.5. The standard InChI is InChI=1S/C18H27ClN2O/c1-15(2)13-18(22)21-11-9-20(10-12-21)8-4-6-16-5-3-7-17(19)14-16/h3,5,7,14-15H,4,6,8-13H2,1-2H3. The van der Waals surface area contributed by atoms with Crippen LogP contribution in [0.1, 0.15) is 32.3 Å². The van der Waals surface area contributed by atoms with Gasteiger partial charge in [0.25, 0.3) is 0 Å². The summed E-state index contributed by atoms with van der Waals surface area (Å²) in [6, 6.07) is 8.10. The van der Waals surface area contributed by atoms with Crippen molar-refractivity contribution in [1.29, 1.82) is 0 Å². The number of piperazine rings is 1. The van der Waals surface area contributed by atoms with E-state index in [1.807, 2.05) is 23.1 Å². The predicted molar refractivity (Wildman–Crippen MR) is 92.2 cm³/mol. The fourth-order valence-electron chi connectivity index (χ4n) is 2.90. The highest BCUT2D eigenvalue weighted by molar-refractivity contribution is 6.30. The van der Waals surface area contributed by atoms with Crippen molar-refractivity contribution in [3.05, 3.63) is 34.9 Å². The van der Waals surface area contributed by atoms with Crippen molar-refractivity contribution in [1.82, 2.24) is 9.80 Å². The highest BCUT2D eigenvalue weighted by atomic mass is 35.5. The third kappa shape index (κ3) is 5.62. The average Bonchev–Trinajstić information content (AvgIpc) is 2.47. The van der Waals surface area contributed by atoms with Crippen molar-refractivity contribution in [2.75, 3.05) is 32.7 Å². The smallest absolute Gasteiger partial charge is 0.222 e. The highest BCUT2D eigenvalue weighted by Crippen LogP contribution is 2.13. The van der Waals surface area contributed by atoms with Gasteiger partial charge >= 0.3 is 0 Å². The average molecular weight is 323 g/mol. The van der Waals surface area contributed by atoms with E-state index in [-0.39, 0.29) is 0 Å². The van der Waals surface area contributed by atoms with Crippen LogP contribution in [0.15, 0.2) is 24.3 Å². The minimum atomic E-state index is 0.313.